The number of hydroxylamine groups is 2. The molecule has 22 nitrogen and oxygen atoms in total. The number of oxime groups is 1. The number of thiazole rings is 1. The number of aromatic amines is 1. The smallest absolute Gasteiger partial charge is 0.418 e. The minimum absolute atomic E-state index is 0.0127. The summed E-state index contributed by atoms with van der Waals surface area (Å²) in [5.41, 5.74) is 5.34. The summed E-state index contributed by atoms with van der Waals surface area (Å²) >= 11 is 1.02. The van der Waals surface area contributed by atoms with Crippen molar-refractivity contribution >= 4 is 50.5 Å². The fourth-order valence-corrected chi connectivity index (χ4v) is 6.19. The zero-order chi connectivity index (χ0) is 40.1. The molecule has 3 amide bonds. The molecule has 1 aliphatic rings. The van der Waals surface area contributed by atoms with E-state index >= 15 is 0 Å². The highest BCUT2D eigenvalue weighted by Gasteiger charge is 2.58. The van der Waals surface area contributed by atoms with E-state index in [9.17, 15) is 22.8 Å². The monoisotopic (exact) mass is 805 g/mol. The molecule has 4 aromatic rings. The molecule has 3 aromatic heterocycles. The van der Waals surface area contributed by atoms with Gasteiger partial charge in [-0.2, -0.15) is 23.4 Å². The Kier molecular flexibility index (Phi) is 12.0. The van der Waals surface area contributed by atoms with Crippen molar-refractivity contribution in [3.8, 4) is 16.9 Å². The van der Waals surface area contributed by atoms with Gasteiger partial charge in [-0.15, -0.1) is 30.5 Å². The number of hydrogen-bond acceptors (Lipinski definition) is 16. The number of carbonyl (C=O) groups is 3. The number of nitrogens with zero attached hydrogens (tertiary/aromatic N) is 8. The van der Waals surface area contributed by atoms with E-state index in [0.29, 0.717) is 30.3 Å². The van der Waals surface area contributed by atoms with Crippen LogP contribution in [0.1, 0.15) is 58.7 Å². The van der Waals surface area contributed by atoms with Crippen molar-refractivity contribution in [1.29, 1.82) is 0 Å². The predicted octanol–water partition coefficient (Wildman–Crippen LogP) is 0.827. The highest BCUT2D eigenvalue weighted by atomic mass is 32.3. The van der Waals surface area contributed by atoms with Gasteiger partial charge < -0.3 is 30.7 Å². The second-order valence-corrected chi connectivity index (χ2v) is 15.5. The molecule has 1 fully saturated rings. The molecule has 0 unspecified atom stereocenters. The number of ether oxygens (including phenoxy) is 2. The SMILES string of the molecule is C[n+]1cc(-c2ccc(OC[C@H](O/N=C(\C(=O)N[C@@H]3C(=O)N(OS(=O)(=O)O)C3(C)C)c3csc(N)n3)c3nn[nH]n3)cc2)cn1CCCNC(=O)OC(C)(C)C. The molecule has 0 aliphatic carbocycles. The summed E-state index contributed by atoms with van der Waals surface area (Å²) in [7, 11) is -3.09. The number of aryl methyl sites for hydroxylation is 2. The van der Waals surface area contributed by atoms with E-state index in [4.69, 9.17) is 24.6 Å². The number of aromatic nitrogens is 7. The molecular formula is C31H41N12O10S2+. The van der Waals surface area contributed by atoms with Gasteiger partial charge in [0.05, 0.1) is 23.8 Å². The maximum Gasteiger partial charge on any atom is 0.418 e. The summed E-state index contributed by atoms with van der Waals surface area (Å²) in [5.74, 6) is -1.36. The number of benzene rings is 1. The number of hydrogen-bond donors (Lipinski definition) is 5. The number of tetrazole rings is 1. The Morgan fingerprint density at radius 2 is 1.95 bits per heavy atom. The van der Waals surface area contributed by atoms with Crippen molar-refractivity contribution in [1.82, 2.24) is 46.0 Å². The number of β-lactam (4-membered cyclic amide) rings is 1. The molecule has 0 saturated carbocycles. The van der Waals surface area contributed by atoms with Crippen LogP contribution >= 0.6 is 11.3 Å². The number of anilines is 1. The summed E-state index contributed by atoms with van der Waals surface area (Å²) in [6.45, 7) is 9.17. The van der Waals surface area contributed by atoms with Gasteiger partial charge in [0.1, 0.15) is 29.7 Å². The van der Waals surface area contributed by atoms with Crippen molar-refractivity contribution in [2.24, 2.45) is 12.2 Å². The largest absolute Gasteiger partial charge is 0.489 e. The van der Waals surface area contributed by atoms with E-state index < -0.39 is 51.6 Å². The molecular weight excluding hydrogens is 765 g/mol. The second-order valence-electron chi connectivity index (χ2n) is 13.6. The zero-order valence-corrected chi connectivity index (χ0v) is 32.3. The number of nitrogens with one attached hydrogen (secondary N) is 3. The average Bonchev–Trinajstić information content (AvgIpc) is 3.87. The summed E-state index contributed by atoms with van der Waals surface area (Å²) in [5, 5.41) is 25.0. The number of nitrogen functional groups attached to an aromatic ring is 1. The van der Waals surface area contributed by atoms with Crippen LogP contribution in [-0.2, 0) is 47.4 Å². The van der Waals surface area contributed by atoms with Crippen LogP contribution < -0.4 is 25.8 Å². The van der Waals surface area contributed by atoms with Gasteiger partial charge in [-0.3, -0.25) is 14.1 Å². The van der Waals surface area contributed by atoms with E-state index in [-0.39, 0.29) is 29.0 Å². The van der Waals surface area contributed by atoms with Crippen LogP contribution in [0.15, 0.2) is 47.2 Å². The lowest BCUT2D eigenvalue weighted by Gasteiger charge is -2.50. The predicted molar refractivity (Wildman–Crippen MR) is 192 cm³/mol. The molecule has 2 atom stereocenters. The molecule has 55 heavy (non-hydrogen) atoms. The van der Waals surface area contributed by atoms with Gasteiger partial charge in [0.25, 0.3) is 11.8 Å². The molecule has 0 radical (unpaired) electrons. The first kappa shape index (κ1) is 40.5. The normalized spacial score (nSPS) is 16.3. The average molecular weight is 806 g/mol. The van der Waals surface area contributed by atoms with Gasteiger partial charge in [0.2, 0.25) is 18.1 Å². The Morgan fingerprint density at radius 3 is 2.55 bits per heavy atom. The van der Waals surface area contributed by atoms with Crippen molar-refractivity contribution < 1.29 is 50.6 Å². The summed E-state index contributed by atoms with van der Waals surface area (Å²) in [6, 6.07) is 6.00. The van der Waals surface area contributed by atoms with E-state index in [1.165, 1.54) is 19.2 Å². The van der Waals surface area contributed by atoms with Crippen molar-refractivity contribution in [2.45, 2.75) is 70.9 Å². The van der Waals surface area contributed by atoms with Gasteiger partial charge in [-0.25, -0.2) is 9.78 Å². The van der Waals surface area contributed by atoms with Gasteiger partial charge in [-0.05, 0) is 58.7 Å². The number of alkyl carbamates (subject to hydrolysis) is 1. The van der Waals surface area contributed by atoms with Crippen LogP contribution in [0.25, 0.3) is 11.1 Å². The van der Waals surface area contributed by atoms with Crippen LogP contribution in [0.4, 0.5) is 9.93 Å². The number of amides is 3. The zero-order valence-electron chi connectivity index (χ0n) is 30.6. The minimum atomic E-state index is -5.01. The lowest BCUT2D eigenvalue weighted by atomic mass is 9.84. The third kappa shape index (κ3) is 10.5. The summed E-state index contributed by atoms with van der Waals surface area (Å²) in [6.07, 6.45) is 3.11. The minimum Gasteiger partial charge on any atom is -0.489 e. The fourth-order valence-electron chi connectivity index (χ4n) is 5.19. The summed E-state index contributed by atoms with van der Waals surface area (Å²) in [4.78, 5) is 47.9. The van der Waals surface area contributed by atoms with Crippen molar-refractivity contribution in [2.75, 3.05) is 18.9 Å². The van der Waals surface area contributed by atoms with Crippen LogP contribution in [-0.4, -0.2) is 102 Å². The lowest BCUT2D eigenvalue weighted by molar-refractivity contribution is -0.753. The first-order chi connectivity index (χ1) is 25.8. The molecule has 0 spiro atoms. The standard InChI is InChI=1S/C31H40N12O10S2/c1-30(2,3)51-29(46)33-12-7-13-42-15-19(14-41(42)6)18-8-10-20(11-9-18)50-16-22(25-36-39-40-37-25)52-38-23(21-17-54-28(32)34-21)26(44)35-24-27(45)43(31(24,4)5)53-55(47,48)49/h8-11,14-15,17,22,24H,7,12-13,16H2,1-6H3,(H5-,32,33,34,35,36,37,39,40,44,46,47,48,49)/p+1/b38-23-/t22-,24+/m0/s1. The molecule has 4 heterocycles. The Bertz CT molecular complexity index is 2130. The molecule has 0 bridgehead atoms. The lowest BCUT2D eigenvalue weighted by Crippen LogP contribution is -2.76. The van der Waals surface area contributed by atoms with Crippen LogP contribution in [0.3, 0.4) is 0 Å². The Morgan fingerprint density at radius 1 is 1.22 bits per heavy atom. The molecule has 24 heteroatoms. The molecule has 1 aliphatic heterocycles. The Balaban J connectivity index is 1.23. The van der Waals surface area contributed by atoms with Crippen molar-refractivity contribution in [3.63, 3.8) is 0 Å². The number of H-pyrrole nitrogens is 1. The van der Waals surface area contributed by atoms with Crippen molar-refractivity contribution in [3.05, 3.63) is 53.6 Å². The number of carbonyl (C=O) groups excluding carboxylic acids is 3. The highest BCUT2D eigenvalue weighted by molar-refractivity contribution is 7.80. The molecule has 296 valence electrons. The van der Waals surface area contributed by atoms with E-state index in [1.807, 2.05) is 61.7 Å². The van der Waals surface area contributed by atoms with Crippen LogP contribution in [0.5, 0.6) is 5.75 Å². The fraction of sp³-hybridized carbons (Fsp3) is 0.452. The number of nitrogens with two attached hydrogens (primary N) is 1. The second kappa shape index (κ2) is 16.3. The third-order valence-electron chi connectivity index (χ3n) is 7.86. The number of rotatable bonds is 16. The highest BCUT2D eigenvalue weighted by Crippen LogP contribution is 2.33. The summed E-state index contributed by atoms with van der Waals surface area (Å²) < 4.78 is 51.0. The first-order valence-electron chi connectivity index (χ1n) is 16.6. The van der Waals surface area contributed by atoms with Gasteiger partial charge >= 0.3 is 16.5 Å². The molecule has 1 saturated heterocycles. The maximum absolute atomic E-state index is 13.5. The van der Waals surface area contributed by atoms with Gasteiger partial charge in [0, 0.05) is 11.9 Å². The third-order valence-corrected chi connectivity index (χ3v) is 8.87. The van der Waals surface area contributed by atoms with E-state index in [2.05, 4.69) is 45.7 Å². The molecule has 6 N–H and O–H groups in total. The van der Waals surface area contributed by atoms with E-state index in [1.54, 1.807) is 12.1 Å². The topological polar surface area (TPSA) is 284 Å². The van der Waals surface area contributed by atoms with Gasteiger partial charge in [-0.1, -0.05) is 22.5 Å². The first-order valence-corrected chi connectivity index (χ1v) is 18.8. The maximum atomic E-state index is 13.5. The Hall–Kier alpha value is -5.72. The van der Waals surface area contributed by atoms with Crippen LogP contribution in [0, 0.1) is 0 Å². The van der Waals surface area contributed by atoms with Gasteiger partial charge in [0.15, 0.2) is 17.9 Å². The molecule has 1 aromatic carbocycles. The van der Waals surface area contributed by atoms with E-state index in [0.717, 1.165) is 22.5 Å². The van der Waals surface area contributed by atoms with Crippen LogP contribution in [0.2, 0.25) is 0 Å². The quantitative estimate of drug-likeness (QED) is 0.0262. The molecule has 5 rings (SSSR count). The Labute approximate surface area is 318 Å².